The number of hydrogen-bond acceptors (Lipinski definition) is 3. The van der Waals surface area contributed by atoms with Gasteiger partial charge in [-0.25, -0.2) is 0 Å². The van der Waals surface area contributed by atoms with Crippen LogP contribution in [0.15, 0.2) is 22.8 Å². The lowest BCUT2D eigenvalue weighted by Crippen LogP contribution is -2.48. The molecule has 4 unspecified atom stereocenters. The lowest BCUT2D eigenvalue weighted by atomic mass is 10.1. The van der Waals surface area contributed by atoms with Crippen molar-refractivity contribution in [1.82, 2.24) is 5.32 Å². The first-order valence-electron chi connectivity index (χ1n) is 6.26. The van der Waals surface area contributed by atoms with Crippen molar-refractivity contribution < 1.29 is 9.21 Å². The van der Waals surface area contributed by atoms with Crippen molar-refractivity contribution in [1.29, 1.82) is 0 Å². The number of carbonyl (C=O) groups is 1. The molecule has 2 heterocycles. The van der Waals surface area contributed by atoms with Gasteiger partial charge in [-0.2, -0.15) is 0 Å². The smallest absolute Gasteiger partial charge is 0.246 e. The molecule has 1 aliphatic heterocycles. The molecule has 1 N–H and O–H groups in total. The SMILES string of the molecule is CNC1CC2CC2C(C)N(c2ccco2)C1=O. The van der Waals surface area contributed by atoms with Crippen LogP contribution in [0.5, 0.6) is 0 Å². The number of furan rings is 1. The summed E-state index contributed by atoms with van der Waals surface area (Å²) in [6, 6.07) is 3.88. The topological polar surface area (TPSA) is 45.5 Å². The maximum Gasteiger partial charge on any atom is 0.246 e. The molecule has 0 spiro atoms. The standard InChI is InChI=1S/C13H18N2O2/c1-8-10-6-9(10)7-11(14-2)13(16)15(8)12-4-3-5-17-12/h3-5,8-11,14H,6-7H2,1-2H3. The number of nitrogens with zero attached hydrogens (tertiary/aromatic N) is 1. The average molecular weight is 234 g/mol. The van der Waals surface area contributed by atoms with Gasteiger partial charge in [0.1, 0.15) is 0 Å². The molecule has 2 aliphatic rings. The van der Waals surface area contributed by atoms with Crippen molar-refractivity contribution in [2.24, 2.45) is 11.8 Å². The molecule has 1 aromatic heterocycles. The second-order valence-electron chi connectivity index (χ2n) is 5.14. The van der Waals surface area contributed by atoms with Gasteiger partial charge < -0.3 is 9.73 Å². The summed E-state index contributed by atoms with van der Waals surface area (Å²) in [4.78, 5) is 14.3. The van der Waals surface area contributed by atoms with E-state index >= 15 is 0 Å². The van der Waals surface area contributed by atoms with Crippen molar-refractivity contribution in [3.63, 3.8) is 0 Å². The summed E-state index contributed by atoms with van der Waals surface area (Å²) in [5.41, 5.74) is 0. The Balaban J connectivity index is 1.95. The zero-order valence-corrected chi connectivity index (χ0v) is 10.2. The molecule has 1 saturated carbocycles. The molecule has 0 bridgehead atoms. The Bertz CT molecular complexity index is 415. The molecule has 1 amide bonds. The van der Waals surface area contributed by atoms with Gasteiger partial charge >= 0.3 is 0 Å². The number of fused-ring (bicyclic) bond motifs is 1. The number of carbonyl (C=O) groups excluding carboxylic acids is 1. The van der Waals surface area contributed by atoms with Crippen LogP contribution in [0, 0.1) is 11.8 Å². The van der Waals surface area contributed by atoms with Gasteiger partial charge in [-0.15, -0.1) is 0 Å². The highest BCUT2D eigenvalue weighted by atomic mass is 16.3. The normalized spacial score (nSPS) is 36.6. The van der Waals surface area contributed by atoms with Gasteiger partial charge in [0.2, 0.25) is 11.8 Å². The van der Waals surface area contributed by atoms with Crippen molar-refractivity contribution in [3.8, 4) is 0 Å². The van der Waals surface area contributed by atoms with Crippen LogP contribution in [-0.2, 0) is 4.79 Å². The summed E-state index contributed by atoms with van der Waals surface area (Å²) in [5.74, 6) is 2.16. The molecular formula is C13H18N2O2. The van der Waals surface area contributed by atoms with E-state index in [1.807, 2.05) is 24.1 Å². The summed E-state index contributed by atoms with van der Waals surface area (Å²) >= 11 is 0. The second-order valence-corrected chi connectivity index (χ2v) is 5.14. The third-order valence-corrected chi connectivity index (χ3v) is 4.17. The van der Waals surface area contributed by atoms with Crippen LogP contribution in [0.25, 0.3) is 0 Å². The minimum absolute atomic E-state index is 0.0694. The fraction of sp³-hybridized carbons (Fsp3) is 0.615. The molecule has 4 nitrogen and oxygen atoms in total. The van der Waals surface area contributed by atoms with Crippen LogP contribution in [-0.4, -0.2) is 25.0 Å². The van der Waals surface area contributed by atoms with Gasteiger partial charge in [0.15, 0.2) is 0 Å². The number of amides is 1. The van der Waals surface area contributed by atoms with Gasteiger partial charge in [-0.05, 0) is 44.7 Å². The predicted molar refractivity (Wildman–Crippen MR) is 64.7 cm³/mol. The fourth-order valence-corrected chi connectivity index (χ4v) is 3.05. The Hall–Kier alpha value is -1.29. The molecule has 0 radical (unpaired) electrons. The highest BCUT2D eigenvalue weighted by Crippen LogP contribution is 2.49. The Kier molecular flexibility index (Phi) is 2.47. The molecule has 1 saturated heterocycles. The molecular weight excluding hydrogens is 216 g/mol. The lowest BCUT2D eigenvalue weighted by Gasteiger charge is -2.28. The number of hydrogen-bond donors (Lipinski definition) is 1. The van der Waals surface area contributed by atoms with Crippen LogP contribution in [0.4, 0.5) is 5.88 Å². The minimum atomic E-state index is -0.0694. The summed E-state index contributed by atoms with van der Waals surface area (Å²) in [6.07, 6.45) is 3.82. The summed E-state index contributed by atoms with van der Waals surface area (Å²) in [7, 11) is 1.86. The van der Waals surface area contributed by atoms with Crippen molar-refractivity contribution in [2.75, 3.05) is 11.9 Å². The largest absolute Gasteiger partial charge is 0.448 e. The van der Waals surface area contributed by atoms with E-state index in [1.165, 1.54) is 6.42 Å². The van der Waals surface area contributed by atoms with Crippen LogP contribution < -0.4 is 10.2 Å². The van der Waals surface area contributed by atoms with E-state index in [9.17, 15) is 4.79 Å². The van der Waals surface area contributed by atoms with E-state index in [4.69, 9.17) is 4.42 Å². The quantitative estimate of drug-likeness (QED) is 0.846. The third kappa shape index (κ3) is 1.67. The van der Waals surface area contributed by atoms with Gasteiger partial charge in [0, 0.05) is 12.1 Å². The second kappa shape index (κ2) is 3.88. The van der Waals surface area contributed by atoms with Crippen molar-refractivity contribution in [2.45, 2.75) is 31.8 Å². The number of rotatable bonds is 2. The van der Waals surface area contributed by atoms with Crippen LogP contribution in [0.3, 0.4) is 0 Å². The van der Waals surface area contributed by atoms with Gasteiger partial charge in [-0.3, -0.25) is 9.69 Å². The van der Waals surface area contributed by atoms with Crippen LogP contribution in [0.1, 0.15) is 19.8 Å². The average Bonchev–Trinajstić information content (AvgIpc) is 2.92. The Morgan fingerprint density at radius 2 is 2.29 bits per heavy atom. The first-order valence-corrected chi connectivity index (χ1v) is 6.26. The maximum absolute atomic E-state index is 12.5. The molecule has 1 aliphatic carbocycles. The number of nitrogens with one attached hydrogen (secondary N) is 1. The van der Waals surface area contributed by atoms with Crippen molar-refractivity contribution >= 4 is 11.8 Å². The van der Waals surface area contributed by atoms with E-state index in [-0.39, 0.29) is 18.0 Å². The highest BCUT2D eigenvalue weighted by Gasteiger charge is 2.50. The predicted octanol–water partition coefficient (Wildman–Crippen LogP) is 1.63. The number of anilines is 1. The monoisotopic (exact) mass is 234 g/mol. The zero-order chi connectivity index (χ0) is 12.0. The molecule has 4 heteroatoms. The highest BCUT2D eigenvalue weighted by molar-refractivity contribution is 5.97. The third-order valence-electron chi connectivity index (χ3n) is 4.17. The molecule has 4 atom stereocenters. The van der Waals surface area contributed by atoms with E-state index in [0.29, 0.717) is 17.7 Å². The summed E-state index contributed by atoms with van der Waals surface area (Å²) < 4.78 is 5.41. The van der Waals surface area contributed by atoms with E-state index in [1.54, 1.807) is 6.26 Å². The van der Waals surface area contributed by atoms with Gasteiger partial charge in [-0.1, -0.05) is 0 Å². The first kappa shape index (κ1) is 10.8. The molecule has 92 valence electrons. The van der Waals surface area contributed by atoms with Crippen LogP contribution in [0.2, 0.25) is 0 Å². The Morgan fingerprint density at radius 1 is 1.47 bits per heavy atom. The van der Waals surface area contributed by atoms with Crippen LogP contribution >= 0.6 is 0 Å². The summed E-state index contributed by atoms with van der Waals surface area (Å²) in [5, 5.41) is 3.13. The van der Waals surface area contributed by atoms with Crippen molar-refractivity contribution in [3.05, 3.63) is 18.4 Å². The molecule has 17 heavy (non-hydrogen) atoms. The minimum Gasteiger partial charge on any atom is -0.448 e. The number of likely N-dealkylation sites (N-methyl/N-ethyl adjacent to an activating group) is 1. The molecule has 3 rings (SSSR count). The first-order chi connectivity index (χ1) is 8.22. The Morgan fingerprint density at radius 3 is 2.94 bits per heavy atom. The molecule has 1 aromatic rings. The van der Waals surface area contributed by atoms with E-state index in [0.717, 1.165) is 6.42 Å². The molecule has 0 aromatic carbocycles. The molecule has 2 fully saturated rings. The fourth-order valence-electron chi connectivity index (χ4n) is 3.05. The van der Waals surface area contributed by atoms with Gasteiger partial charge in [0.05, 0.1) is 12.3 Å². The zero-order valence-electron chi connectivity index (χ0n) is 10.2. The lowest BCUT2D eigenvalue weighted by molar-refractivity contribution is -0.121. The maximum atomic E-state index is 12.5. The summed E-state index contributed by atoms with van der Waals surface area (Å²) in [6.45, 7) is 2.13. The Labute approximate surface area is 101 Å². The van der Waals surface area contributed by atoms with E-state index in [2.05, 4.69) is 12.2 Å². The van der Waals surface area contributed by atoms with E-state index < -0.39 is 0 Å². The van der Waals surface area contributed by atoms with Gasteiger partial charge in [0.25, 0.3) is 0 Å².